The molecule has 0 radical (unpaired) electrons. The van der Waals surface area contributed by atoms with Crippen molar-refractivity contribution >= 4 is 17.7 Å². The van der Waals surface area contributed by atoms with Crippen LogP contribution >= 0.6 is 0 Å². The van der Waals surface area contributed by atoms with Gasteiger partial charge in [-0.05, 0) is 33.3 Å². The highest BCUT2D eigenvalue weighted by molar-refractivity contribution is 5.86. The molecular formula is C22H29N3O5. The van der Waals surface area contributed by atoms with Gasteiger partial charge in [-0.3, -0.25) is 4.79 Å². The third-order valence-corrected chi connectivity index (χ3v) is 5.49. The van der Waals surface area contributed by atoms with Gasteiger partial charge in [0.15, 0.2) is 0 Å². The minimum Gasteiger partial charge on any atom is -0.492 e. The Labute approximate surface area is 177 Å². The van der Waals surface area contributed by atoms with Crippen LogP contribution in [0.15, 0.2) is 18.2 Å². The Morgan fingerprint density at radius 3 is 2.53 bits per heavy atom. The van der Waals surface area contributed by atoms with Gasteiger partial charge in [-0.15, -0.1) is 0 Å². The van der Waals surface area contributed by atoms with Gasteiger partial charge in [0.25, 0.3) is 0 Å². The second-order valence-corrected chi connectivity index (χ2v) is 8.66. The van der Waals surface area contributed by atoms with Crippen LogP contribution in [0.3, 0.4) is 0 Å². The normalized spacial score (nSPS) is 20.8. The number of carbonyl (C=O) groups excluding carboxylic acids is 2. The Bertz CT molecular complexity index is 849. The van der Waals surface area contributed by atoms with Crippen molar-refractivity contribution in [2.75, 3.05) is 44.8 Å². The number of piperazine rings is 1. The van der Waals surface area contributed by atoms with Crippen molar-refractivity contribution in [1.82, 2.24) is 4.90 Å². The topological polar surface area (TPSA) is 92.1 Å². The largest absolute Gasteiger partial charge is 0.492 e. The van der Waals surface area contributed by atoms with Gasteiger partial charge in [-0.2, -0.15) is 5.26 Å². The summed E-state index contributed by atoms with van der Waals surface area (Å²) in [6.45, 7) is 8.24. The van der Waals surface area contributed by atoms with Crippen LogP contribution in [0.1, 0.15) is 39.2 Å². The van der Waals surface area contributed by atoms with Gasteiger partial charge >= 0.3 is 12.1 Å². The summed E-state index contributed by atoms with van der Waals surface area (Å²) in [5.41, 5.74) is 0.288. The summed E-state index contributed by atoms with van der Waals surface area (Å²) in [6.07, 6.45) is 0.309. The zero-order valence-electron chi connectivity index (χ0n) is 18.1. The van der Waals surface area contributed by atoms with Crippen molar-refractivity contribution < 1.29 is 23.8 Å². The average Bonchev–Trinajstić information content (AvgIpc) is 3.09. The van der Waals surface area contributed by atoms with E-state index in [0.717, 1.165) is 11.3 Å². The average molecular weight is 415 g/mol. The van der Waals surface area contributed by atoms with Gasteiger partial charge in [0, 0.05) is 49.9 Å². The molecule has 1 aromatic rings. The highest BCUT2D eigenvalue weighted by Crippen LogP contribution is 2.44. The maximum Gasteiger partial charge on any atom is 0.410 e. The molecular weight excluding hydrogens is 386 g/mol. The van der Waals surface area contributed by atoms with E-state index in [1.807, 2.05) is 39.0 Å². The molecule has 1 amide bonds. The van der Waals surface area contributed by atoms with Crippen LogP contribution in [0.25, 0.3) is 0 Å². The summed E-state index contributed by atoms with van der Waals surface area (Å²) >= 11 is 0. The summed E-state index contributed by atoms with van der Waals surface area (Å²) in [5.74, 6) is 0.264. The second kappa shape index (κ2) is 8.42. The van der Waals surface area contributed by atoms with E-state index in [1.165, 1.54) is 7.11 Å². The standard InChI is InChI=1S/C22H29N3O5/c1-21(2,3)30-20(27)25-12-10-24(11-13-25)16-6-7-17-18(14-16)29-15-22(17,8-5-9-23)19(26)28-4/h6-7,14H,5,8,10-13,15H2,1-4H3. The predicted octanol–water partition coefficient (Wildman–Crippen LogP) is 2.85. The Morgan fingerprint density at radius 2 is 1.93 bits per heavy atom. The van der Waals surface area contributed by atoms with Crippen molar-refractivity contribution in [1.29, 1.82) is 5.26 Å². The number of nitrogens with zero attached hydrogens (tertiary/aromatic N) is 3. The highest BCUT2D eigenvalue weighted by Gasteiger charge is 2.48. The smallest absolute Gasteiger partial charge is 0.410 e. The van der Waals surface area contributed by atoms with Crippen LogP contribution in [0.2, 0.25) is 0 Å². The molecule has 2 aliphatic heterocycles. The van der Waals surface area contributed by atoms with Gasteiger partial charge in [-0.1, -0.05) is 6.07 Å². The van der Waals surface area contributed by atoms with Gasteiger partial charge in [0.1, 0.15) is 23.4 Å². The van der Waals surface area contributed by atoms with Crippen molar-refractivity contribution in [2.45, 2.75) is 44.6 Å². The third-order valence-electron chi connectivity index (χ3n) is 5.49. The lowest BCUT2D eigenvalue weighted by atomic mass is 9.78. The fourth-order valence-corrected chi connectivity index (χ4v) is 3.92. The highest BCUT2D eigenvalue weighted by atomic mass is 16.6. The first-order chi connectivity index (χ1) is 14.2. The van der Waals surface area contributed by atoms with E-state index in [-0.39, 0.29) is 25.1 Å². The zero-order chi connectivity index (χ0) is 21.9. The molecule has 162 valence electrons. The minimum absolute atomic E-state index is 0.173. The molecule has 0 aliphatic carbocycles. The molecule has 2 aliphatic rings. The number of fused-ring (bicyclic) bond motifs is 1. The van der Waals surface area contributed by atoms with Gasteiger partial charge < -0.3 is 24.0 Å². The Balaban J connectivity index is 1.72. The number of hydrogen-bond acceptors (Lipinski definition) is 7. The number of carbonyl (C=O) groups is 2. The predicted molar refractivity (Wildman–Crippen MR) is 110 cm³/mol. The molecule has 1 aromatic carbocycles. The van der Waals surface area contributed by atoms with Crippen molar-refractivity contribution in [3.63, 3.8) is 0 Å². The first-order valence-corrected chi connectivity index (χ1v) is 10.2. The van der Waals surface area contributed by atoms with E-state index < -0.39 is 11.0 Å². The third kappa shape index (κ3) is 4.30. The van der Waals surface area contributed by atoms with Crippen molar-refractivity contribution in [3.8, 4) is 11.8 Å². The number of amides is 1. The number of benzene rings is 1. The summed E-state index contributed by atoms with van der Waals surface area (Å²) in [7, 11) is 1.35. The zero-order valence-corrected chi connectivity index (χ0v) is 18.1. The number of anilines is 1. The van der Waals surface area contributed by atoms with Crippen molar-refractivity contribution in [3.05, 3.63) is 23.8 Å². The molecule has 1 unspecified atom stereocenters. The Morgan fingerprint density at radius 1 is 1.23 bits per heavy atom. The SMILES string of the molecule is COC(=O)C1(CCC#N)COc2cc(N3CCN(C(=O)OC(C)(C)C)CC3)ccc21. The van der Waals surface area contributed by atoms with E-state index in [9.17, 15) is 9.59 Å². The molecule has 3 rings (SSSR count). The molecule has 8 heteroatoms. The van der Waals surface area contributed by atoms with Gasteiger partial charge in [0.2, 0.25) is 0 Å². The monoisotopic (exact) mass is 415 g/mol. The molecule has 0 spiro atoms. The summed E-state index contributed by atoms with van der Waals surface area (Å²) in [5, 5.41) is 8.99. The first kappa shape index (κ1) is 21.8. The number of hydrogen-bond donors (Lipinski definition) is 0. The molecule has 1 fully saturated rings. The lowest BCUT2D eigenvalue weighted by Crippen LogP contribution is -2.50. The fourth-order valence-electron chi connectivity index (χ4n) is 3.92. The molecule has 1 saturated heterocycles. The maximum absolute atomic E-state index is 12.5. The Kier molecular flexibility index (Phi) is 6.11. The number of esters is 1. The molecule has 0 N–H and O–H groups in total. The van der Waals surface area contributed by atoms with Crippen LogP contribution in [0, 0.1) is 11.3 Å². The van der Waals surface area contributed by atoms with E-state index >= 15 is 0 Å². The van der Waals surface area contributed by atoms with Crippen molar-refractivity contribution in [2.24, 2.45) is 0 Å². The molecule has 30 heavy (non-hydrogen) atoms. The van der Waals surface area contributed by atoms with Crippen LogP contribution < -0.4 is 9.64 Å². The molecule has 2 heterocycles. The summed E-state index contributed by atoms with van der Waals surface area (Å²) in [4.78, 5) is 28.7. The fraction of sp³-hybridized carbons (Fsp3) is 0.591. The van der Waals surface area contributed by atoms with Crippen LogP contribution in [-0.2, 0) is 19.7 Å². The maximum atomic E-state index is 12.5. The van der Waals surface area contributed by atoms with E-state index in [2.05, 4.69) is 11.0 Å². The van der Waals surface area contributed by atoms with Crippen LogP contribution in [0.4, 0.5) is 10.5 Å². The summed E-state index contributed by atoms with van der Waals surface area (Å²) in [6, 6.07) is 7.89. The van der Waals surface area contributed by atoms with E-state index in [0.29, 0.717) is 38.3 Å². The molecule has 1 atom stereocenters. The molecule has 0 aromatic heterocycles. The number of methoxy groups -OCH3 is 1. The Hall–Kier alpha value is -2.95. The van der Waals surface area contributed by atoms with Gasteiger partial charge in [0.05, 0.1) is 13.2 Å². The number of nitriles is 1. The van der Waals surface area contributed by atoms with E-state index in [4.69, 9.17) is 19.5 Å². The lowest BCUT2D eigenvalue weighted by Gasteiger charge is -2.37. The van der Waals surface area contributed by atoms with Crippen LogP contribution in [-0.4, -0.2) is 62.5 Å². The molecule has 0 bridgehead atoms. The summed E-state index contributed by atoms with van der Waals surface area (Å²) < 4.78 is 16.3. The van der Waals surface area contributed by atoms with Gasteiger partial charge in [-0.25, -0.2) is 4.79 Å². The molecule has 0 saturated carbocycles. The van der Waals surface area contributed by atoms with Crippen LogP contribution in [0.5, 0.6) is 5.75 Å². The second-order valence-electron chi connectivity index (χ2n) is 8.66. The number of rotatable bonds is 4. The van der Waals surface area contributed by atoms with E-state index in [1.54, 1.807) is 4.90 Å². The quantitative estimate of drug-likeness (QED) is 0.698. The number of ether oxygens (including phenoxy) is 3. The lowest BCUT2D eigenvalue weighted by molar-refractivity contribution is -0.148. The first-order valence-electron chi connectivity index (χ1n) is 10.2. The minimum atomic E-state index is -0.937. The molecule has 8 nitrogen and oxygen atoms in total.